The zero-order valence-electron chi connectivity index (χ0n) is 16.7. The zero-order valence-corrected chi connectivity index (χ0v) is 16.7. The average Bonchev–Trinajstić information content (AvgIpc) is 3.35. The fraction of sp³-hybridized carbons (Fsp3) is 0.261. The first kappa shape index (κ1) is 19.8. The Morgan fingerprint density at radius 1 is 1.23 bits per heavy atom. The van der Waals surface area contributed by atoms with Crippen LogP contribution in [0.1, 0.15) is 25.3 Å². The number of anilines is 1. The topological polar surface area (TPSA) is 76.0 Å². The summed E-state index contributed by atoms with van der Waals surface area (Å²) in [6.07, 6.45) is 1.86. The maximum atomic E-state index is 14.3. The number of halogens is 1. The largest absolute Gasteiger partial charge is 0.355 e. The van der Waals surface area contributed by atoms with E-state index in [9.17, 15) is 14.0 Å². The molecule has 0 spiro atoms. The van der Waals surface area contributed by atoms with Crippen molar-refractivity contribution in [3.63, 3.8) is 0 Å². The molecule has 2 amide bonds. The number of carbonyl (C=O) groups is 2. The van der Waals surface area contributed by atoms with E-state index >= 15 is 0 Å². The van der Waals surface area contributed by atoms with Crippen molar-refractivity contribution in [2.24, 2.45) is 5.92 Å². The molecule has 3 aromatic rings. The highest BCUT2D eigenvalue weighted by Gasteiger charge is 2.28. The molecule has 2 heterocycles. The van der Waals surface area contributed by atoms with Crippen molar-refractivity contribution in [2.75, 3.05) is 11.9 Å². The Bertz CT molecular complexity index is 1080. The van der Waals surface area contributed by atoms with E-state index < -0.39 is 5.92 Å². The molecule has 4 rings (SSSR count). The van der Waals surface area contributed by atoms with Crippen molar-refractivity contribution in [2.45, 2.75) is 26.2 Å². The Labute approximate surface area is 174 Å². The first-order valence-electron chi connectivity index (χ1n) is 10.1. The van der Waals surface area contributed by atoms with Crippen LogP contribution in [0.3, 0.4) is 0 Å². The van der Waals surface area contributed by atoms with Gasteiger partial charge in [-0.3, -0.25) is 9.59 Å². The molecular weight excluding hydrogens is 383 g/mol. The van der Waals surface area contributed by atoms with E-state index in [1.807, 2.05) is 36.4 Å². The average molecular weight is 406 g/mol. The van der Waals surface area contributed by atoms with Gasteiger partial charge in [0.25, 0.3) is 0 Å². The molecule has 30 heavy (non-hydrogen) atoms. The number of aromatic nitrogens is 2. The number of hydrogen-bond acceptors (Lipinski definition) is 3. The zero-order chi connectivity index (χ0) is 21.1. The molecule has 1 saturated heterocycles. The van der Waals surface area contributed by atoms with E-state index in [1.165, 1.54) is 6.07 Å². The molecule has 0 unspecified atom stereocenters. The Kier molecular flexibility index (Phi) is 5.61. The van der Waals surface area contributed by atoms with Crippen molar-refractivity contribution in [3.8, 4) is 16.9 Å². The first-order valence-corrected chi connectivity index (χ1v) is 10.1. The fourth-order valence-electron chi connectivity index (χ4n) is 3.66. The maximum absolute atomic E-state index is 14.3. The number of carbonyl (C=O) groups excluding carboxylic acids is 2. The van der Waals surface area contributed by atoms with Gasteiger partial charge in [0.2, 0.25) is 11.8 Å². The van der Waals surface area contributed by atoms with Crippen molar-refractivity contribution < 1.29 is 14.0 Å². The summed E-state index contributed by atoms with van der Waals surface area (Å²) in [4.78, 5) is 23.9. The van der Waals surface area contributed by atoms with Gasteiger partial charge in [-0.15, -0.1) is 5.10 Å². The van der Waals surface area contributed by atoms with Gasteiger partial charge in [0.05, 0.1) is 17.3 Å². The molecule has 1 aliphatic rings. The quantitative estimate of drug-likeness (QED) is 0.655. The minimum Gasteiger partial charge on any atom is -0.355 e. The van der Waals surface area contributed by atoms with Crippen LogP contribution in [0.4, 0.5) is 10.2 Å². The Morgan fingerprint density at radius 2 is 2.03 bits per heavy atom. The predicted molar refractivity (Wildman–Crippen MR) is 113 cm³/mol. The summed E-state index contributed by atoms with van der Waals surface area (Å²) in [5, 5.41) is 10.0. The van der Waals surface area contributed by atoms with E-state index in [0.717, 1.165) is 24.1 Å². The molecule has 1 atom stereocenters. The molecule has 0 radical (unpaired) electrons. The highest BCUT2D eigenvalue weighted by Crippen LogP contribution is 2.28. The van der Waals surface area contributed by atoms with Gasteiger partial charge in [-0.25, -0.2) is 9.07 Å². The smallest absolute Gasteiger partial charge is 0.230 e. The van der Waals surface area contributed by atoms with Crippen LogP contribution in [-0.4, -0.2) is 28.1 Å². The normalized spacial score (nSPS) is 15.8. The lowest BCUT2D eigenvalue weighted by Crippen LogP contribution is -2.24. The summed E-state index contributed by atoms with van der Waals surface area (Å²) >= 11 is 0. The molecule has 7 heteroatoms. The lowest BCUT2D eigenvalue weighted by molar-refractivity contribution is -0.123. The Balaban J connectivity index is 1.72. The maximum Gasteiger partial charge on any atom is 0.230 e. The van der Waals surface area contributed by atoms with Crippen molar-refractivity contribution in [3.05, 3.63) is 66.0 Å². The summed E-state index contributed by atoms with van der Waals surface area (Å²) in [7, 11) is 0. The molecule has 1 aliphatic heterocycles. The SMILES string of the molecule is CCCc1cc(F)cc(-c2cc(NC(=O)[C@@H]3CNC(=O)C3)nn2-c2ccccc2)c1. The number of nitrogens with zero attached hydrogens (tertiary/aromatic N) is 2. The number of amides is 2. The lowest BCUT2D eigenvalue weighted by Gasteiger charge is -2.09. The van der Waals surface area contributed by atoms with Gasteiger partial charge in [-0.1, -0.05) is 31.5 Å². The Morgan fingerprint density at radius 3 is 2.73 bits per heavy atom. The monoisotopic (exact) mass is 406 g/mol. The van der Waals surface area contributed by atoms with Crippen molar-refractivity contribution in [1.29, 1.82) is 0 Å². The number of para-hydroxylation sites is 1. The molecule has 0 saturated carbocycles. The second-order valence-corrected chi connectivity index (χ2v) is 7.45. The van der Waals surface area contributed by atoms with Crippen LogP contribution in [0.5, 0.6) is 0 Å². The molecule has 6 nitrogen and oxygen atoms in total. The van der Waals surface area contributed by atoms with Crippen LogP contribution in [0, 0.1) is 11.7 Å². The lowest BCUT2D eigenvalue weighted by atomic mass is 10.0. The second kappa shape index (κ2) is 8.49. The van der Waals surface area contributed by atoms with E-state index in [1.54, 1.807) is 16.8 Å². The van der Waals surface area contributed by atoms with Crippen LogP contribution in [0.2, 0.25) is 0 Å². The van der Waals surface area contributed by atoms with Gasteiger partial charge in [-0.2, -0.15) is 0 Å². The number of aryl methyl sites for hydroxylation is 1. The first-order chi connectivity index (χ1) is 14.5. The molecule has 154 valence electrons. The van der Waals surface area contributed by atoms with Crippen LogP contribution >= 0.6 is 0 Å². The van der Waals surface area contributed by atoms with Gasteiger partial charge in [-0.05, 0) is 42.3 Å². The van der Waals surface area contributed by atoms with E-state index in [4.69, 9.17) is 0 Å². The van der Waals surface area contributed by atoms with E-state index in [0.29, 0.717) is 23.6 Å². The predicted octanol–water partition coefficient (Wildman–Crippen LogP) is 3.71. The second-order valence-electron chi connectivity index (χ2n) is 7.45. The number of hydrogen-bond donors (Lipinski definition) is 2. The molecule has 1 aromatic heterocycles. The van der Waals surface area contributed by atoms with E-state index in [2.05, 4.69) is 22.7 Å². The fourth-order valence-corrected chi connectivity index (χ4v) is 3.66. The van der Waals surface area contributed by atoms with Crippen LogP contribution in [-0.2, 0) is 16.0 Å². The van der Waals surface area contributed by atoms with Gasteiger partial charge in [0.1, 0.15) is 5.82 Å². The van der Waals surface area contributed by atoms with E-state index in [-0.39, 0.29) is 24.1 Å². The molecule has 2 N–H and O–H groups in total. The minimum absolute atomic E-state index is 0.131. The standard InChI is InChI=1S/C23H23FN4O2/c1-2-6-15-9-16(11-18(24)10-15)20-13-21(26-23(30)17-12-22(29)25-14-17)27-28(20)19-7-4-3-5-8-19/h3-5,7-11,13,17H,2,6,12,14H2,1H3,(H,25,29)(H,26,27,30)/t17-/m0/s1. The van der Waals surface area contributed by atoms with Crippen molar-refractivity contribution >= 4 is 17.6 Å². The molecular formula is C23H23FN4O2. The molecule has 2 aromatic carbocycles. The number of benzene rings is 2. The summed E-state index contributed by atoms with van der Waals surface area (Å²) < 4.78 is 16.0. The number of nitrogens with one attached hydrogen (secondary N) is 2. The number of rotatable bonds is 6. The highest BCUT2D eigenvalue weighted by atomic mass is 19.1. The summed E-state index contributed by atoms with van der Waals surface area (Å²) in [5.74, 6) is -0.761. The summed E-state index contributed by atoms with van der Waals surface area (Å²) in [5.41, 5.74) is 3.07. The van der Waals surface area contributed by atoms with Gasteiger partial charge in [0.15, 0.2) is 5.82 Å². The van der Waals surface area contributed by atoms with Crippen LogP contribution < -0.4 is 10.6 Å². The van der Waals surface area contributed by atoms with Gasteiger partial charge in [0, 0.05) is 24.6 Å². The highest BCUT2D eigenvalue weighted by molar-refractivity contribution is 5.97. The molecule has 0 bridgehead atoms. The Hall–Kier alpha value is -3.48. The third-order valence-corrected chi connectivity index (χ3v) is 5.10. The summed E-state index contributed by atoms with van der Waals surface area (Å²) in [6.45, 7) is 2.37. The van der Waals surface area contributed by atoms with Crippen LogP contribution in [0.15, 0.2) is 54.6 Å². The third kappa shape index (κ3) is 4.25. The van der Waals surface area contributed by atoms with Gasteiger partial charge >= 0.3 is 0 Å². The van der Waals surface area contributed by atoms with Crippen molar-refractivity contribution in [1.82, 2.24) is 15.1 Å². The minimum atomic E-state index is -0.423. The van der Waals surface area contributed by atoms with Crippen LogP contribution in [0.25, 0.3) is 16.9 Å². The van der Waals surface area contributed by atoms with Gasteiger partial charge < -0.3 is 10.6 Å². The molecule has 1 fully saturated rings. The summed E-state index contributed by atoms with van der Waals surface area (Å²) in [6, 6.07) is 16.2. The third-order valence-electron chi connectivity index (χ3n) is 5.10. The molecule has 0 aliphatic carbocycles.